The lowest BCUT2D eigenvalue weighted by molar-refractivity contribution is 0.476. The van der Waals surface area contributed by atoms with Gasteiger partial charge in [0.2, 0.25) is 10.0 Å². The molecular formula is C13H14N2O3S. The standard InChI is InChI=1S/C13H14N2O3S/c1-19(17,18)15-13-9-11(16)7-8-12(13)14-10-5-3-2-4-6-10/h2-9,14-16H,1H3. The number of aromatic hydroxyl groups is 1. The number of rotatable bonds is 4. The number of nitrogens with one attached hydrogen (secondary N) is 2. The predicted octanol–water partition coefficient (Wildman–Crippen LogP) is 2.51. The second-order valence-electron chi connectivity index (χ2n) is 4.10. The molecule has 0 radical (unpaired) electrons. The summed E-state index contributed by atoms with van der Waals surface area (Å²) >= 11 is 0. The van der Waals surface area contributed by atoms with Crippen LogP contribution in [0.2, 0.25) is 0 Å². The fraction of sp³-hybridized carbons (Fsp3) is 0.0769. The molecule has 0 aliphatic carbocycles. The highest BCUT2D eigenvalue weighted by Gasteiger charge is 2.08. The lowest BCUT2D eigenvalue weighted by Crippen LogP contribution is -2.11. The third-order valence-electron chi connectivity index (χ3n) is 2.35. The Kier molecular flexibility index (Phi) is 3.62. The zero-order chi connectivity index (χ0) is 13.9. The zero-order valence-electron chi connectivity index (χ0n) is 10.3. The van der Waals surface area contributed by atoms with Crippen LogP contribution in [0.15, 0.2) is 48.5 Å². The van der Waals surface area contributed by atoms with E-state index in [9.17, 15) is 13.5 Å². The number of benzene rings is 2. The average Bonchev–Trinajstić information content (AvgIpc) is 2.32. The van der Waals surface area contributed by atoms with E-state index in [4.69, 9.17) is 0 Å². The summed E-state index contributed by atoms with van der Waals surface area (Å²) in [6, 6.07) is 13.8. The second kappa shape index (κ2) is 5.19. The van der Waals surface area contributed by atoms with Crippen molar-refractivity contribution in [2.24, 2.45) is 0 Å². The van der Waals surface area contributed by atoms with Crippen molar-refractivity contribution in [3.63, 3.8) is 0 Å². The highest BCUT2D eigenvalue weighted by Crippen LogP contribution is 2.29. The fourth-order valence-corrected chi connectivity index (χ4v) is 2.17. The van der Waals surface area contributed by atoms with Crippen molar-refractivity contribution in [2.45, 2.75) is 0 Å². The summed E-state index contributed by atoms with van der Waals surface area (Å²) in [5.74, 6) is -0.00948. The lowest BCUT2D eigenvalue weighted by atomic mass is 10.2. The summed E-state index contributed by atoms with van der Waals surface area (Å²) < 4.78 is 25.0. The van der Waals surface area contributed by atoms with Gasteiger partial charge in [0, 0.05) is 11.8 Å². The SMILES string of the molecule is CS(=O)(=O)Nc1cc(O)ccc1Nc1ccccc1. The molecule has 0 aromatic heterocycles. The first-order valence-electron chi connectivity index (χ1n) is 5.57. The van der Waals surface area contributed by atoms with Crippen molar-refractivity contribution in [3.8, 4) is 5.75 Å². The van der Waals surface area contributed by atoms with E-state index < -0.39 is 10.0 Å². The van der Waals surface area contributed by atoms with Gasteiger partial charge in [-0.25, -0.2) is 8.42 Å². The normalized spacial score (nSPS) is 11.0. The van der Waals surface area contributed by atoms with E-state index in [-0.39, 0.29) is 5.75 Å². The molecule has 0 atom stereocenters. The van der Waals surface area contributed by atoms with Crippen LogP contribution in [0.5, 0.6) is 5.75 Å². The third kappa shape index (κ3) is 3.89. The van der Waals surface area contributed by atoms with Crippen LogP contribution in [0.1, 0.15) is 0 Å². The first-order chi connectivity index (χ1) is 8.94. The molecule has 0 unspecified atom stereocenters. The van der Waals surface area contributed by atoms with Gasteiger partial charge in [0.05, 0.1) is 17.6 Å². The van der Waals surface area contributed by atoms with E-state index in [1.54, 1.807) is 6.07 Å². The maximum absolute atomic E-state index is 11.3. The van der Waals surface area contributed by atoms with E-state index in [0.717, 1.165) is 11.9 Å². The summed E-state index contributed by atoms with van der Waals surface area (Å²) in [6.07, 6.45) is 1.06. The molecule has 0 aliphatic rings. The minimum Gasteiger partial charge on any atom is -0.508 e. The van der Waals surface area contributed by atoms with E-state index in [2.05, 4.69) is 10.0 Å². The van der Waals surface area contributed by atoms with Gasteiger partial charge in [-0.05, 0) is 24.3 Å². The van der Waals surface area contributed by atoms with E-state index in [1.165, 1.54) is 12.1 Å². The second-order valence-corrected chi connectivity index (χ2v) is 5.84. The number of hydrogen-bond acceptors (Lipinski definition) is 4. The number of phenolic OH excluding ortho intramolecular Hbond substituents is 1. The van der Waals surface area contributed by atoms with Gasteiger partial charge in [-0.15, -0.1) is 0 Å². The summed E-state index contributed by atoms with van der Waals surface area (Å²) in [6.45, 7) is 0. The van der Waals surface area contributed by atoms with Gasteiger partial charge in [0.25, 0.3) is 0 Å². The van der Waals surface area contributed by atoms with Crippen molar-refractivity contribution in [1.82, 2.24) is 0 Å². The molecule has 2 aromatic carbocycles. The molecule has 0 aliphatic heterocycles. The van der Waals surface area contributed by atoms with Gasteiger partial charge < -0.3 is 10.4 Å². The molecule has 6 heteroatoms. The van der Waals surface area contributed by atoms with E-state index in [0.29, 0.717) is 11.4 Å². The Morgan fingerprint density at radius 3 is 2.32 bits per heavy atom. The third-order valence-corrected chi connectivity index (χ3v) is 2.94. The van der Waals surface area contributed by atoms with Crippen LogP contribution in [0.25, 0.3) is 0 Å². The van der Waals surface area contributed by atoms with Crippen molar-refractivity contribution in [3.05, 3.63) is 48.5 Å². The number of anilines is 3. The van der Waals surface area contributed by atoms with Crippen LogP contribution in [0.4, 0.5) is 17.1 Å². The van der Waals surface area contributed by atoms with Crippen LogP contribution in [0.3, 0.4) is 0 Å². The topological polar surface area (TPSA) is 78.4 Å². The smallest absolute Gasteiger partial charge is 0.229 e. The molecule has 0 saturated carbocycles. The van der Waals surface area contributed by atoms with Crippen molar-refractivity contribution < 1.29 is 13.5 Å². The Balaban J connectivity index is 2.34. The summed E-state index contributed by atoms with van der Waals surface area (Å²) in [5.41, 5.74) is 1.69. The van der Waals surface area contributed by atoms with Crippen LogP contribution >= 0.6 is 0 Å². The largest absolute Gasteiger partial charge is 0.508 e. The Hall–Kier alpha value is -2.21. The first-order valence-corrected chi connectivity index (χ1v) is 7.46. The van der Waals surface area contributed by atoms with Crippen molar-refractivity contribution in [2.75, 3.05) is 16.3 Å². The van der Waals surface area contributed by atoms with Gasteiger partial charge >= 0.3 is 0 Å². The molecule has 2 aromatic rings. The van der Waals surface area contributed by atoms with Crippen LogP contribution < -0.4 is 10.0 Å². The Bertz CT molecular complexity index is 670. The molecular weight excluding hydrogens is 264 g/mol. The maximum atomic E-state index is 11.3. The van der Waals surface area contributed by atoms with Crippen LogP contribution in [0, 0.1) is 0 Å². The molecule has 5 nitrogen and oxygen atoms in total. The summed E-state index contributed by atoms with van der Waals surface area (Å²) in [7, 11) is -3.41. The number of hydrogen-bond donors (Lipinski definition) is 3. The van der Waals surface area contributed by atoms with Gasteiger partial charge in [-0.2, -0.15) is 0 Å². The van der Waals surface area contributed by atoms with Gasteiger partial charge in [-0.3, -0.25) is 4.72 Å². The number of para-hydroxylation sites is 1. The molecule has 0 bridgehead atoms. The average molecular weight is 278 g/mol. The Morgan fingerprint density at radius 1 is 1.00 bits per heavy atom. The zero-order valence-corrected chi connectivity index (χ0v) is 11.1. The van der Waals surface area contributed by atoms with Crippen LogP contribution in [-0.2, 0) is 10.0 Å². The minimum atomic E-state index is -3.41. The molecule has 0 heterocycles. The van der Waals surface area contributed by atoms with Crippen LogP contribution in [-0.4, -0.2) is 19.8 Å². The predicted molar refractivity (Wildman–Crippen MR) is 76.3 cm³/mol. The summed E-state index contributed by atoms with van der Waals surface area (Å²) in [4.78, 5) is 0. The van der Waals surface area contributed by atoms with Crippen molar-refractivity contribution in [1.29, 1.82) is 0 Å². The maximum Gasteiger partial charge on any atom is 0.229 e. The molecule has 2 rings (SSSR count). The van der Waals surface area contributed by atoms with E-state index >= 15 is 0 Å². The van der Waals surface area contributed by atoms with Crippen molar-refractivity contribution >= 4 is 27.1 Å². The van der Waals surface area contributed by atoms with Gasteiger partial charge in [0.1, 0.15) is 5.75 Å². The molecule has 0 spiro atoms. The minimum absolute atomic E-state index is 0.00948. The highest BCUT2D eigenvalue weighted by atomic mass is 32.2. The highest BCUT2D eigenvalue weighted by molar-refractivity contribution is 7.92. The quantitative estimate of drug-likeness (QED) is 0.751. The van der Waals surface area contributed by atoms with E-state index in [1.807, 2.05) is 30.3 Å². The molecule has 0 fully saturated rings. The molecule has 3 N–H and O–H groups in total. The number of phenols is 1. The summed E-state index contributed by atoms with van der Waals surface area (Å²) in [5, 5.41) is 12.5. The molecule has 19 heavy (non-hydrogen) atoms. The Morgan fingerprint density at radius 2 is 1.68 bits per heavy atom. The molecule has 100 valence electrons. The monoisotopic (exact) mass is 278 g/mol. The molecule has 0 amide bonds. The number of sulfonamides is 1. The Labute approximate surface area is 112 Å². The molecule has 0 saturated heterocycles. The van der Waals surface area contributed by atoms with Gasteiger partial charge in [0.15, 0.2) is 0 Å². The lowest BCUT2D eigenvalue weighted by Gasteiger charge is -2.13. The fourth-order valence-electron chi connectivity index (χ4n) is 1.60. The first kappa shape index (κ1) is 13.2. The van der Waals surface area contributed by atoms with Gasteiger partial charge in [-0.1, -0.05) is 18.2 Å².